The maximum Gasteiger partial charge on any atom is 0.262 e. The van der Waals surface area contributed by atoms with E-state index in [0.29, 0.717) is 11.9 Å². The molecule has 1 atom stereocenters. The molecule has 6 heteroatoms. The van der Waals surface area contributed by atoms with Crippen molar-refractivity contribution in [2.24, 2.45) is 0 Å². The van der Waals surface area contributed by atoms with Crippen LogP contribution in [0.2, 0.25) is 0 Å². The smallest absolute Gasteiger partial charge is 0.262 e. The van der Waals surface area contributed by atoms with Crippen LogP contribution in [0.5, 0.6) is 5.75 Å². The van der Waals surface area contributed by atoms with Crippen molar-refractivity contribution in [1.82, 2.24) is 9.55 Å². The van der Waals surface area contributed by atoms with E-state index < -0.39 is 0 Å². The lowest BCUT2D eigenvalue weighted by atomic mass is 9.98. The van der Waals surface area contributed by atoms with Crippen molar-refractivity contribution < 1.29 is 5.11 Å². The van der Waals surface area contributed by atoms with Gasteiger partial charge in [-0.25, -0.2) is 4.98 Å². The number of nitrogens with zero attached hydrogens (tertiary/aromatic N) is 2. The highest BCUT2D eigenvalue weighted by molar-refractivity contribution is 7.25. The Labute approximate surface area is 203 Å². The molecule has 0 spiro atoms. The summed E-state index contributed by atoms with van der Waals surface area (Å²) in [6.07, 6.45) is 8.17. The molecule has 0 aliphatic rings. The molecule has 1 N–H and O–H groups in total. The fraction of sp³-hybridized carbons (Fsp3) is 0.481. The first-order valence-electron chi connectivity index (χ1n) is 12.3. The molecule has 33 heavy (non-hydrogen) atoms. The van der Waals surface area contributed by atoms with Gasteiger partial charge in [-0.15, -0.1) is 22.7 Å². The zero-order valence-corrected chi connectivity index (χ0v) is 21.5. The lowest BCUT2D eigenvalue weighted by Gasteiger charge is -2.19. The van der Waals surface area contributed by atoms with E-state index in [-0.39, 0.29) is 17.2 Å². The molecule has 1 aromatic carbocycles. The van der Waals surface area contributed by atoms with Gasteiger partial charge in [-0.2, -0.15) is 0 Å². The Balaban J connectivity index is 1.89. The first-order chi connectivity index (χ1) is 16.1. The first-order valence-corrected chi connectivity index (χ1v) is 14.0. The topological polar surface area (TPSA) is 55.1 Å². The molecule has 0 saturated carbocycles. The Hall–Kier alpha value is -2.18. The Morgan fingerprint density at radius 3 is 2.64 bits per heavy atom. The highest BCUT2D eigenvalue weighted by Crippen LogP contribution is 2.39. The van der Waals surface area contributed by atoms with Crippen molar-refractivity contribution in [3.8, 4) is 5.75 Å². The van der Waals surface area contributed by atoms with Crippen molar-refractivity contribution in [2.75, 3.05) is 0 Å². The number of aryl methyl sites for hydroxylation is 2. The summed E-state index contributed by atoms with van der Waals surface area (Å²) in [6, 6.07) is 8.16. The second-order valence-electron chi connectivity index (χ2n) is 8.88. The van der Waals surface area contributed by atoms with Crippen LogP contribution >= 0.6 is 22.7 Å². The van der Waals surface area contributed by atoms with E-state index in [1.54, 1.807) is 11.3 Å². The van der Waals surface area contributed by atoms with Gasteiger partial charge in [0.15, 0.2) is 0 Å². The van der Waals surface area contributed by atoms with E-state index in [2.05, 4.69) is 44.4 Å². The van der Waals surface area contributed by atoms with E-state index >= 15 is 0 Å². The summed E-state index contributed by atoms with van der Waals surface area (Å²) in [5.74, 6) is 1.45. The largest absolute Gasteiger partial charge is 0.506 e. The Bertz CT molecular complexity index is 1270. The number of aromatic hydroxyl groups is 1. The van der Waals surface area contributed by atoms with Crippen molar-refractivity contribution in [1.29, 1.82) is 0 Å². The highest BCUT2D eigenvalue weighted by Gasteiger charge is 2.22. The van der Waals surface area contributed by atoms with Crippen LogP contribution in [0.3, 0.4) is 0 Å². The van der Waals surface area contributed by atoms with E-state index in [0.717, 1.165) is 77.7 Å². The predicted octanol–water partition coefficient (Wildman–Crippen LogP) is 7.65. The molecular formula is C27H34N2O2S2. The lowest BCUT2D eigenvalue weighted by molar-refractivity contribution is 0.481. The van der Waals surface area contributed by atoms with Crippen molar-refractivity contribution in [2.45, 2.75) is 84.6 Å². The minimum Gasteiger partial charge on any atom is -0.506 e. The predicted molar refractivity (Wildman–Crippen MR) is 142 cm³/mol. The minimum atomic E-state index is 0.0415. The molecule has 4 nitrogen and oxygen atoms in total. The van der Waals surface area contributed by atoms with Gasteiger partial charge in [0.25, 0.3) is 5.56 Å². The van der Waals surface area contributed by atoms with E-state index in [1.165, 1.54) is 16.2 Å². The zero-order chi connectivity index (χ0) is 23.4. The molecule has 0 radical (unpaired) electrons. The van der Waals surface area contributed by atoms with Gasteiger partial charge in [0, 0.05) is 22.7 Å². The normalized spacial score (nSPS) is 12.7. The van der Waals surface area contributed by atoms with Gasteiger partial charge in [0.1, 0.15) is 16.4 Å². The molecule has 4 rings (SSSR count). The molecule has 0 aliphatic carbocycles. The van der Waals surface area contributed by atoms with Crippen LogP contribution in [0.25, 0.3) is 20.3 Å². The Morgan fingerprint density at radius 2 is 1.94 bits per heavy atom. The van der Waals surface area contributed by atoms with E-state index in [4.69, 9.17) is 4.98 Å². The fourth-order valence-corrected chi connectivity index (χ4v) is 6.38. The van der Waals surface area contributed by atoms with Gasteiger partial charge in [0.05, 0.1) is 10.1 Å². The summed E-state index contributed by atoms with van der Waals surface area (Å²) >= 11 is 3.19. The summed E-state index contributed by atoms with van der Waals surface area (Å²) in [6.45, 7) is 7.20. The molecule has 3 aromatic heterocycles. The number of rotatable bonds is 11. The van der Waals surface area contributed by atoms with Crippen LogP contribution in [-0.4, -0.2) is 14.7 Å². The summed E-state index contributed by atoms with van der Waals surface area (Å²) in [5.41, 5.74) is 1.13. The molecule has 0 fully saturated rings. The number of unbranched alkanes of at least 4 members (excludes halogenated alkanes) is 2. The third-order valence-electron chi connectivity index (χ3n) is 6.51. The number of phenols is 1. The number of hydrogen-bond donors (Lipinski definition) is 1. The number of benzene rings is 1. The maximum atomic E-state index is 14.0. The van der Waals surface area contributed by atoms with Gasteiger partial charge in [0.2, 0.25) is 0 Å². The maximum absolute atomic E-state index is 14.0. The Morgan fingerprint density at radius 1 is 1.12 bits per heavy atom. The quantitative estimate of drug-likeness (QED) is 0.239. The SMILES string of the molecule is CCCCc1cc(O)c2sc3nc(C(CC)CCCC)n(CCc4cccs4)c(=O)c3c2c1. The average Bonchev–Trinajstić information content (AvgIpc) is 3.46. The van der Waals surface area contributed by atoms with Gasteiger partial charge in [-0.3, -0.25) is 9.36 Å². The summed E-state index contributed by atoms with van der Waals surface area (Å²) in [4.78, 5) is 21.1. The summed E-state index contributed by atoms with van der Waals surface area (Å²) in [5, 5.41) is 14.4. The van der Waals surface area contributed by atoms with Crippen LogP contribution in [-0.2, 0) is 19.4 Å². The van der Waals surface area contributed by atoms with Crippen LogP contribution in [0.4, 0.5) is 0 Å². The van der Waals surface area contributed by atoms with Gasteiger partial charge < -0.3 is 5.11 Å². The molecule has 0 saturated heterocycles. The number of fused-ring (bicyclic) bond motifs is 3. The number of hydrogen-bond acceptors (Lipinski definition) is 5. The molecule has 1 unspecified atom stereocenters. The summed E-state index contributed by atoms with van der Waals surface area (Å²) < 4.78 is 2.71. The fourth-order valence-electron chi connectivity index (χ4n) is 4.61. The second-order valence-corrected chi connectivity index (χ2v) is 10.9. The monoisotopic (exact) mass is 482 g/mol. The molecular weight excluding hydrogens is 448 g/mol. The van der Waals surface area contributed by atoms with E-state index in [9.17, 15) is 9.90 Å². The van der Waals surface area contributed by atoms with Gasteiger partial charge in [-0.1, -0.05) is 46.1 Å². The summed E-state index contributed by atoms with van der Waals surface area (Å²) in [7, 11) is 0. The average molecular weight is 483 g/mol. The zero-order valence-electron chi connectivity index (χ0n) is 19.9. The number of thiophene rings is 2. The van der Waals surface area contributed by atoms with Crippen LogP contribution in [0.1, 0.15) is 81.5 Å². The lowest BCUT2D eigenvalue weighted by Crippen LogP contribution is -2.27. The molecule has 4 aromatic rings. The molecule has 3 heterocycles. The molecule has 0 aliphatic heterocycles. The molecule has 0 amide bonds. The van der Waals surface area contributed by atoms with E-state index in [1.807, 2.05) is 10.6 Å². The standard InChI is InChI=1S/C27H34N2O2S2/c1-4-7-10-18-16-21-23-26(33-24(21)22(30)17-18)28-25(19(6-3)11-8-5-2)29(27(23)31)14-13-20-12-9-15-32-20/h9,12,15-17,19,30H,4-8,10-11,13-14H2,1-3H3. The van der Waals surface area contributed by atoms with Gasteiger partial charge in [-0.05, 0) is 61.2 Å². The minimum absolute atomic E-state index is 0.0415. The van der Waals surface area contributed by atoms with Gasteiger partial charge >= 0.3 is 0 Å². The van der Waals surface area contributed by atoms with Crippen molar-refractivity contribution in [3.05, 3.63) is 56.3 Å². The Kier molecular flexibility index (Phi) is 7.86. The van der Waals surface area contributed by atoms with Crippen molar-refractivity contribution in [3.63, 3.8) is 0 Å². The van der Waals surface area contributed by atoms with Crippen LogP contribution < -0.4 is 5.56 Å². The molecule has 176 valence electrons. The third kappa shape index (κ3) is 5.02. The second kappa shape index (κ2) is 10.8. The number of aromatic nitrogens is 2. The third-order valence-corrected chi connectivity index (χ3v) is 8.57. The van der Waals surface area contributed by atoms with Crippen LogP contribution in [0.15, 0.2) is 34.4 Å². The number of phenolic OH excluding ortho intramolecular Hbond substituents is 1. The van der Waals surface area contributed by atoms with Crippen molar-refractivity contribution >= 4 is 43.0 Å². The highest BCUT2D eigenvalue weighted by atomic mass is 32.1. The van der Waals surface area contributed by atoms with Crippen LogP contribution in [0, 0.1) is 0 Å². The first kappa shape index (κ1) is 24.0. The molecule has 0 bridgehead atoms.